The molecule has 0 radical (unpaired) electrons. The Kier molecular flexibility index (Phi) is 4.41. The average molecular weight is 403 g/mol. The number of hydrogen-bond acceptors (Lipinski definition) is 5. The van der Waals surface area contributed by atoms with Gasteiger partial charge in [-0.2, -0.15) is 5.10 Å². The summed E-state index contributed by atoms with van der Waals surface area (Å²) in [4.78, 5) is 29.8. The van der Waals surface area contributed by atoms with Crippen LogP contribution >= 0.6 is 0 Å². The quantitative estimate of drug-likeness (QED) is 0.706. The third-order valence-electron chi connectivity index (χ3n) is 6.73. The van der Waals surface area contributed by atoms with Gasteiger partial charge >= 0.3 is 0 Å². The predicted octanol–water partition coefficient (Wildman–Crippen LogP) is 3.73. The van der Waals surface area contributed by atoms with Gasteiger partial charge in [0.05, 0.1) is 23.1 Å². The Morgan fingerprint density at radius 3 is 2.73 bits per heavy atom. The van der Waals surface area contributed by atoms with Gasteiger partial charge in [-0.25, -0.2) is 9.97 Å². The monoisotopic (exact) mass is 402 g/mol. The molecule has 154 valence electrons. The van der Waals surface area contributed by atoms with E-state index in [2.05, 4.69) is 27.0 Å². The van der Waals surface area contributed by atoms with Crippen LogP contribution in [0.3, 0.4) is 0 Å². The van der Waals surface area contributed by atoms with Gasteiger partial charge in [-0.15, -0.1) is 0 Å². The molecule has 0 aliphatic carbocycles. The molecule has 2 bridgehead atoms. The number of aryl methyl sites for hydroxylation is 2. The van der Waals surface area contributed by atoms with Crippen LogP contribution in [0.15, 0.2) is 24.5 Å². The summed E-state index contributed by atoms with van der Waals surface area (Å²) in [7, 11) is 0. The Morgan fingerprint density at radius 1 is 1.13 bits per heavy atom. The van der Waals surface area contributed by atoms with Gasteiger partial charge < -0.3 is 4.90 Å². The summed E-state index contributed by atoms with van der Waals surface area (Å²) in [5.41, 5.74) is 6.57. The Labute approximate surface area is 176 Å². The van der Waals surface area contributed by atoms with Crippen LogP contribution in [0.5, 0.6) is 0 Å². The molecule has 0 spiro atoms. The molecule has 7 heteroatoms. The molecule has 30 heavy (non-hydrogen) atoms. The molecule has 7 nitrogen and oxygen atoms in total. The molecular weight excluding hydrogens is 376 g/mol. The topological polar surface area (TPSA) is 87.7 Å². The van der Waals surface area contributed by atoms with Crippen LogP contribution < -0.4 is 0 Å². The molecule has 1 saturated heterocycles. The largest absolute Gasteiger partial charge is 0.326 e. The van der Waals surface area contributed by atoms with E-state index in [0.717, 1.165) is 64.6 Å². The molecule has 0 saturated carbocycles. The number of nitrogens with one attached hydrogen (secondary N) is 1. The molecule has 3 aromatic rings. The van der Waals surface area contributed by atoms with Crippen molar-refractivity contribution in [2.24, 2.45) is 5.92 Å². The zero-order valence-electron chi connectivity index (χ0n) is 17.8. The molecule has 3 aromatic heterocycles. The fraction of sp³-hybridized carbons (Fsp3) is 0.435. The summed E-state index contributed by atoms with van der Waals surface area (Å²) in [5.74, 6) is 1.14. The van der Waals surface area contributed by atoms with Crippen molar-refractivity contribution in [2.75, 3.05) is 0 Å². The maximum atomic E-state index is 13.8. The SMILES string of the molecule is Cc1nc(-c2ccn[nH]2)c2c(n1)C1[C@H](C)CC[C@@H](C2)N1C(=O)c1ccnc(C)c1C. The van der Waals surface area contributed by atoms with Crippen molar-refractivity contribution >= 4 is 5.91 Å². The maximum Gasteiger partial charge on any atom is 0.255 e. The Balaban J connectivity index is 1.66. The first kappa shape index (κ1) is 18.9. The van der Waals surface area contributed by atoms with E-state index in [1.54, 1.807) is 12.4 Å². The van der Waals surface area contributed by atoms with E-state index in [1.807, 2.05) is 32.9 Å². The van der Waals surface area contributed by atoms with Crippen molar-refractivity contribution < 1.29 is 4.79 Å². The summed E-state index contributed by atoms with van der Waals surface area (Å²) in [6.07, 6.45) is 6.32. The lowest BCUT2D eigenvalue weighted by molar-refractivity contribution is 0.0225. The third kappa shape index (κ3) is 2.83. The second-order valence-electron chi connectivity index (χ2n) is 8.59. The molecule has 5 heterocycles. The van der Waals surface area contributed by atoms with Crippen LogP contribution in [0.2, 0.25) is 0 Å². The standard InChI is InChI=1S/C23H26N6O/c1-12-5-6-16-11-18-20(19-8-10-25-28-19)26-15(4)27-21(18)22(12)29(16)23(30)17-7-9-24-14(3)13(17)2/h7-10,12,16,22H,5-6,11H2,1-4H3,(H,25,28)/t12-,16+,22?/m1/s1. The first-order valence-corrected chi connectivity index (χ1v) is 10.6. The zero-order valence-corrected chi connectivity index (χ0v) is 17.8. The van der Waals surface area contributed by atoms with Crippen molar-refractivity contribution in [3.05, 3.63) is 58.4 Å². The van der Waals surface area contributed by atoms with Crippen molar-refractivity contribution in [2.45, 2.75) is 59.0 Å². The summed E-state index contributed by atoms with van der Waals surface area (Å²) < 4.78 is 0. The van der Waals surface area contributed by atoms with Gasteiger partial charge in [0.2, 0.25) is 0 Å². The molecule has 2 aliphatic heterocycles. The molecule has 1 unspecified atom stereocenters. The van der Waals surface area contributed by atoms with Gasteiger partial charge in [0.1, 0.15) is 5.82 Å². The van der Waals surface area contributed by atoms with Crippen molar-refractivity contribution in [3.8, 4) is 11.4 Å². The molecule has 0 aromatic carbocycles. The van der Waals surface area contributed by atoms with Crippen LogP contribution in [0.4, 0.5) is 0 Å². The van der Waals surface area contributed by atoms with E-state index in [4.69, 9.17) is 9.97 Å². The molecule has 3 atom stereocenters. The summed E-state index contributed by atoms with van der Waals surface area (Å²) in [6, 6.07) is 3.90. The van der Waals surface area contributed by atoms with E-state index in [-0.39, 0.29) is 18.0 Å². The zero-order chi connectivity index (χ0) is 21.0. The first-order chi connectivity index (χ1) is 14.5. The van der Waals surface area contributed by atoms with E-state index < -0.39 is 0 Å². The summed E-state index contributed by atoms with van der Waals surface area (Å²) in [6.45, 7) is 8.08. The number of rotatable bonds is 2. The number of aromatic amines is 1. The van der Waals surface area contributed by atoms with E-state index in [0.29, 0.717) is 5.92 Å². The van der Waals surface area contributed by atoms with E-state index in [9.17, 15) is 4.79 Å². The normalized spacial score (nSPS) is 22.7. The number of aromatic nitrogens is 5. The lowest BCUT2D eigenvalue weighted by Crippen LogP contribution is -2.53. The molecule has 5 rings (SSSR count). The van der Waals surface area contributed by atoms with Crippen molar-refractivity contribution in [1.82, 2.24) is 30.0 Å². The highest BCUT2D eigenvalue weighted by Gasteiger charge is 2.46. The van der Waals surface area contributed by atoms with Gasteiger partial charge in [0.25, 0.3) is 5.91 Å². The van der Waals surface area contributed by atoms with Gasteiger partial charge in [-0.05, 0) is 63.6 Å². The molecular formula is C23H26N6O. The Bertz CT molecular complexity index is 1120. The Morgan fingerprint density at radius 2 is 1.97 bits per heavy atom. The van der Waals surface area contributed by atoms with Crippen LogP contribution in [0.25, 0.3) is 11.4 Å². The fourth-order valence-corrected chi connectivity index (χ4v) is 5.07. The second-order valence-corrected chi connectivity index (χ2v) is 8.59. The molecule has 1 N–H and O–H groups in total. The average Bonchev–Trinajstić information content (AvgIpc) is 3.26. The smallest absolute Gasteiger partial charge is 0.255 e. The number of pyridine rings is 1. The van der Waals surface area contributed by atoms with Crippen molar-refractivity contribution in [3.63, 3.8) is 0 Å². The number of carbonyl (C=O) groups is 1. The predicted molar refractivity (Wildman–Crippen MR) is 113 cm³/mol. The number of fused-ring (bicyclic) bond motifs is 4. The van der Waals surface area contributed by atoms with Crippen molar-refractivity contribution in [1.29, 1.82) is 0 Å². The number of hydrogen-bond donors (Lipinski definition) is 1. The third-order valence-corrected chi connectivity index (χ3v) is 6.73. The van der Waals surface area contributed by atoms with Crippen LogP contribution in [0, 0.1) is 26.7 Å². The highest BCUT2D eigenvalue weighted by Crippen LogP contribution is 2.46. The fourth-order valence-electron chi connectivity index (χ4n) is 5.07. The molecule has 2 aliphatic rings. The molecule has 1 fully saturated rings. The van der Waals surface area contributed by atoms with Gasteiger partial charge in [-0.1, -0.05) is 6.92 Å². The van der Waals surface area contributed by atoms with Crippen LogP contribution in [0.1, 0.15) is 64.5 Å². The van der Waals surface area contributed by atoms with Crippen LogP contribution in [-0.2, 0) is 6.42 Å². The minimum Gasteiger partial charge on any atom is -0.326 e. The number of piperidine rings is 1. The number of carbonyl (C=O) groups excluding carboxylic acids is 1. The summed E-state index contributed by atoms with van der Waals surface area (Å²) in [5, 5.41) is 7.16. The van der Waals surface area contributed by atoms with Gasteiger partial charge in [0, 0.05) is 35.3 Å². The Hall–Kier alpha value is -3.09. The number of nitrogens with zero attached hydrogens (tertiary/aromatic N) is 5. The lowest BCUT2D eigenvalue weighted by Gasteiger charge is -2.49. The van der Waals surface area contributed by atoms with Crippen LogP contribution in [-0.4, -0.2) is 42.0 Å². The van der Waals surface area contributed by atoms with Gasteiger partial charge in [-0.3, -0.25) is 14.9 Å². The number of amides is 1. The lowest BCUT2D eigenvalue weighted by atomic mass is 9.76. The van der Waals surface area contributed by atoms with Gasteiger partial charge in [0.15, 0.2) is 0 Å². The first-order valence-electron chi connectivity index (χ1n) is 10.6. The van der Waals surface area contributed by atoms with E-state index >= 15 is 0 Å². The second kappa shape index (κ2) is 7.00. The molecule has 1 amide bonds. The minimum atomic E-state index is -0.0451. The minimum absolute atomic E-state index is 0.0451. The number of H-pyrrole nitrogens is 1. The van der Waals surface area contributed by atoms with E-state index in [1.165, 1.54) is 0 Å². The summed E-state index contributed by atoms with van der Waals surface area (Å²) >= 11 is 0. The maximum absolute atomic E-state index is 13.8. The highest BCUT2D eigenvalue weighted by molar-refractivity contribution is 5.96. The highest BCUT2D eigenvalue weighted by atomic mass is 16.2.